The predicted molar refractivity (Wildman–Crippen MR) is 73.7 cm³/mol. The zero-order valence-corrected chi connectivity index (χ0v) is 11.2. The Kier molecular flexibility index (Phi) is 4.22. The standard InChI is InChI=1S/C15H19Br/c1-2-15(12-6-4-3-5-7-12)13-8-10-14(16)11-9-13/h2,8-12,15H,1,3-7H2. The molecule has 0 nitrogen and oxygen atoms in total. The summed E-state index contributed by atoms with van der Waals surface area (Å²) in [7, 11) is 0. The van der Waals surface area contributed by atoms with Gasteiger partial charge in [-0.05, 0) is 36.5 Å². The molecule has 1 fully saturated rings. The van der Waals surface area contributed by atoms with Gasteiger partial charge in [-0.15, -0.1) is 6.58 Å². The summed E-state index contributed by atoms with van der Waals surface area (Å²) in [6.45, 7) is 4.02. The average Bonchev–Trinajstić information content (AvgIpc) is 2.34. The van der Waals surface area contributed by atoms with Crippen LogP contribution in [0.3, 0.4) is 0 Å². The Bertz CT molecular complexity index is 333. The normalized spacial score (nSPS) is 19.3. The highest BCUT2D eigenvalue weighted by molar-refractivity contribution is 9.10. The number of rotatable bonds is 3. The summed E-state index contributed by atoms with van der Waals surface area (Å²) in [5.74, 6) is 1.36. The summed E-state index contributed by atoms with van der Waals surface area (Å²) in [5.41, 5.74) is 1.42. The van der Waals surface area contributed by atoms with Crippen molar-refractivity contribution in [1.29, 1.82) is 0 Å². The number of hydrogen-bond donors (Lipinski definition) is 0. The van der Waals surface area contributed by atoms with E-state index in [1.165, 1.54) is 37.7 Å². The van der Waals surface area contributed by atoms with Gasteiger partial charge >= 0.3 is 0 Å². The van der Waals surface area contributed by atoms with Crippen LogP contribution in [-0.4, -0.2) is 0 Å². The minimum atomic E-state index is 0.549. The molecular formula is C15H19Br. The molecule has 0 radical (unpaired) electrons. The lowest BCUT2D eigenvalue weighted by atomic mass is 9.77. The SMILES string of the molecule is C=CC(c1ccc(Br)cc1)C1CCCCC1. The Morgan fingerprint density at radius 1 is 1.12 bits per heavy atom. The minimum Gasteiger partial charge on any atom is -0.102 e. The molecular weight excluding hydrogens is 260 g/mol. The third-order valence-corrected chi connectivity index (χ3v) is 4.20. The Morgan fingerprint density at radius 2 is 1.75 bits per heavy atom. The second kappa shape index (κ2) is 5.67. The van der Waals surface area contributed by atoms with Gasteiger partial charge in [0.25, 0.3) is 0 Å². The summed E-state index contributed by atoms with van der Waals surface area (Å²) >= 11 is 3.49. The van der Waals surface area contributed by atoms with E-state index in [1.54, 1.807) is 0 Å². The topological polar surface area (TPSA) is 0 Å². The molecule has 16 heavy (non-hydrogen) atoms. The van der Waals surface area contributed by atoms with Crippen molar-refractivity contribution in [3.63, 3.8) is 0 Å². The van der Waals surface area contributed by atoms with E-state index in [2.05, 4.69) is 52.9 Å². The smallest absolute Gasteiger partial charge is 0.0175 e. The lowest BCUT2D eigenvalue weighted by molar-refractivity contribution is 0.332. The summed E-state index contributed by atoms with van der Waals surface area (Å²) in [6, 6.07) is 8.72. The van der Waals surface area contributed by atoms with Crippen molar-refractivity contribution in [2.45, 2.75) is 38.0 Å². The first-order valence-electron chi connectivity index (χ1n) is 6.19. The molecule has 0 bridgehead atoms. The maximum atomic E-state index is 4.02. The molecule has 1 unspecified atom stereocenters. The molecule has 0 spiro atoms. The van der Waals surface area contributed by atoms with Crippen molar-refractivity contribution in [3.05, 3.63) is 47.0 Å². The second-order valence-corrected chi connectivity index (χ2v) is 5.63. The fourth-order valence-electron chi connectivity index (χ4n) is 2.78. The van der Waals surface area contributed by atoms with E-state index in [4.69, 9.17) is 0 Å². The number of allylic oxidation sites excluding steroid dienone is 1. The molecule has 1 aromatic rings. The van der Waals surface area contributed by atoms with Crippen molar-refractivity contribution < 1.29 is 0 Å². The number of halogens is 1. The van der Waals surface area contributed by atoms with Crippen LogP contribution in [-0.2, 0) is 0 Å². The maximum Gasteiger partial charge on any atom is 0.0175 e. The van der Waals surface area contributed by atoms with Gasteiger partial charge in [0.15, 0.2) is 0 Å². The molecule has 0 saturated heterocycles. The van der Waals surface area contributed by atoms with Crippen LogP contribution in [0.1, 0.15) is 43.6 Å². The second-order valence-electron chi connectivity index (χ2n) is 4.71. The van der Waals surface area contributed by atoms with Crippen LogP contribution >= 0.6 is 15.9 Å². The molecule has 1 aromatic carbocycles. The van der Waals surface area contributed by atoms with E-state index < -0.39 is 0 Å². The van der Waals surface area contributed by atoms with Gasteiger partial charge in [-0.25, -0.2) is 0 Å². The van der Waals surface area contributed by atoms with Crippen molar-refractivity contribution in [2.24, 2.45) is 5.92 Å². The Morgan fingerprint density at radius 3 is 2.31 bits per heavy atom. The maximum absolute atomic E-state index is 4.02. The van der Waals surface area contributed by atoms with Crippen LogP contribution in [0.4, 0.5) is 0 Å². The molecule has 0 aliphatic heterocycles. The van der Waals surface area contributed by atoms with Gasteiger partial charge < -0.3 is 0 Å². The predicted octanol–water partition coefficient (Wildman–Crippen LogP) is 5.30. The van der Waals surface area contributed by atoms with Crippen LogP contribution in [0.5, 0.6) is 0 Å². The lowest BCUT2D eigenvalue weighted by Crippen LogP contribution is -2.14. The summed E-state index contributed by atoms with van der Waals surface area (Å²) in [4.78, 5) is 0. The van der Waals surface area contributed by atoms with Gasteiger partial charge in [0.1, 0.15) is 0 Å². The van der Waals surface area contributed by atoms with Gasteiger partial charge in [-0.2, -0.15) is 0 Å². The minimum absolute atomic E-state index is 0.549. The van der Waals surface area contributed by atoms with Gasteiger partial charge in [0.05, 0.1) is 0 Å². The molecule has 1 atom stereocenters. The van der Waals surface area contributed by atoms with Crippen molar-refractivity contribution in [3.8, 4) is 0 Å². The quantitative estimate of drug-likeness (QED) is 0.659. The Balaban J connectivity index is 2.14. The van der Waals surface area contributed by atoms with E-state index in [1.807, 2.05) is 0 Å². The van der Waals surface area contributed by atoms with Crippen LogP contribution in [0, 0.1) is 5.92 Å². The van der Waals surface area contributed by atoms with Crippen molar-refractivity contribution >= 4 is 15.9 Å². The van der Waals surface area contributed by atoms with Crippen molar-refractivity contribution in [2.75, 3.05) is 0 Å². The van der Waals surface area contributed by atoms with Crippen LogP contribution in [0.15, 0.2) is 41.4 Å². The van der Waals surface area contributed by atoms with E-state index in [-0.39, 0.29) is 0 Å². The molecule has 1 aliphatic rings. The number of benzene rings is 1. The monoisotopic (exact) mass is 278 g/mol. The first-order valence-corrected chi connectivity index (χ1v) is 6.98. The Hall–Kier alpha value is -0.560. The third kappa shape index (κ3) is 2.76. The van der Waals surface area contributed by atoms with E-state index in [0.717, 1.165) is 10.4 Å². The van der Waals surface area contributed by atoms with Crippen LogP contribution in [0.2, 0.25) is 0 Å². The largest absolute Gasteiger partial charge is 0.102 e. The molecule has 86 valence electrons. The molecule has 0 amide bonds. The van der Waals surface area contributed by atoms with Crippen LogP contribution in [0.25, 0.3) is 0 Å². The summed E-state index contributed by atoms with van der Waals surface area (Å²) < 4.78 is 1.16. The lowest BCUT2D eigenvalue weighted by Gasteiger charge is -2.28. The fraction of sp³-hybridized carbons (Fsp3) is 0.467. The van der Waals surface area contributed by atoms with Gasteiger partial charge in [0.2, 0.25) is 0 Å². The Labute approximate surface area is 107 Å². The average molecular weight is 279 g/mol. The first-order chi connectivity index (χ1) is 7.81. The van der Waals surface area contributed by atoms with Crippen LogP contribution < -0.4 is 0 Å². The van der Waals surface area contributed by atoms with E-state index in [9.17, 15) is 0 Å². The van der Waals surface area contributed by atoms with E-state index in [0.29, 0.717) is 5.92 Å². The molecule has 1 aliphatic carbocycles. The highest BCUT2D eigenvalue weighted by Gasteiger charge is 2.22. The molecule has 0 aromatic heterocycles. The highest BCUT2D eigenvalue weighted by Crippen LogP contribution is 2.36. The third-order valence-electron chi connectivity index (χ3n) is 3.67. The molecule has 0 heterocycles. The fourth-order valence-corrected chi connectivity index (χ4v) is 3.04. The molecule has 0 N–H and O–H groups in total. The summed E-state index contributed by atoms with van der Waals surface area (Å²) in [6.07, 6.45) is 9.08. The highest BCUT2D eigenvalue weighted by atomic mass is 79.9. The molecule has 1 saturated carbocycles. The number of hydrogen-bond acceptors (Lipinski definition) is 0. The van der Waals surface area contributed by atoms with Crippen molar-refractivity contribution in [1.82, 2.24) is 0 Å². The summed E-state index contributed by atoms with van der Waals surface area (Å²) in [5, 5.41) is 0. The molecule has 2 rings (SSSR count). The van der Waals surface area contributed by atoms with E-state index >= 15 is 0 Å². The zero-order valence-electron chi connectivity index (χ0n) is 9.66. The molecule has 1 heteroatoms. The first kappa shape index (κ1) is 11.9. The van der Waals surface area contributed by atoms with Gasteiger partial charge in [0, 0.05) is 10.4 Å². The van der Waals surface area contributed by atoms with Gasteiger partial charge in [-0.1, -0.05) is 53.4 Å². The van der Waals surface area contributed by atoms with Gasteiger partial charge in [-0.3, -0.25) is 0 Å². The zero-order chi connectivity index (χ0) is 11.4.